The van der Waals surface area contributed by atoms with Crippen LogP contribution in [0.25, 0.3) is 0 Å². The summed E-state index contributed by atoms with van der Waals surface area (Å²) in [6.07, 6.45) is 3.16. The van der Waals surface area contributed by atoms with Gasteiger partial charge < -0.3 is 14.4 Å². The zero-order valence-electron chi connectivity index (χ0n) is 10.4. The number of ketones is 1. The molecule has 0 saturated carbocycles. The smallest absolute Gasteiger partial charge is 0.129 e. The number of carbonyl (C=O) groups is 1. The second-order valence-corrected chi connectivity index (χ2v) is 3.90. The van der Waals surface area contributed by atoms with Gasteiger partial charge in [-0.3, -0.25) is 0 Å². The van der Waals surface area contributed by atoms with E-state index in [0.29, 0.717) is 19.4 Å². The van der Waals surface area contributed by atoms with Gasteiger partial charge in [0.15, 0.2) is 0 Å². The lowest BCUT2D eigenvalue weighted by Gasteiger charge is -2.20. The van der Waals surface area contributed by atoms with Gasteiger partial charge in [-0.15, -0.1) is 0 Å². The van der Waals surface area contributed by atoms with E-state index in [1.54, 1.807) is 14.0 Å². The Hall–Kier alpha value is -0.920. The van der Waals surface area contributed by atoms with Gasteiger partial charge in [-0.2, -0.15) is 5.26 Å². The molecular formula is C12H22N2O2. The Bertz CT molecular complexity index is 224. The van der Waals surface area contributed by atoms with E-state index in [1.165, 1.54) is 0 Å². The van der Waals surface area contributed by atoms with Crippen molar-refractivity contribution in [1.29, 1.82) is 5.26 Å². The predicted octanol–water partition coefficient (Wildman–Crippen LogP) is 1.61. The number of hydrogen-bond acceptors (Lipinski definition) is 4. The average molecular weight is 226 g/mol. The monoisotopic (exact) mass is 226 g/mol. The summed E-state index contributed by atoms with van der Waals surface area (Å²) in [6, 6.07) is 2.15. The maximum Gasteiger partial charge on any atom is 0.129 e. The van der Waals surface area contributed by atoms with Crippen LogP contribution in [-0.2, 0) is 9.53 Å². The van der Waals surface area contributed by atoms with E-state index in [9.17, 15) is 4.79 Å². The van der Waals surface area contributed by atoms with E-state index in [0.717, 1.165) is 32.5 Å². The average Bonchev–Trinajstić information content (AvgIpc) is 2.26. The quantitative estimate of drug-likeness (QED) is 0.531. The van der Waals surface area contributed by atoms with Crippen molar-refractivity contribution in [2.24, 2.45) is 0 Å². The molecule has 0 aromatic heterocycles. The van der Waals surface area contributed by atoms with Gasteiger partial charge in [-0.25, -0.2) is 0 Å². The van der Waals surface area contributed by atoms with Crippen molar-refractivity contribution in [1.82, 2.24) is 4.90 Å². The van der Waals surface area contributed by atoms with Crippen molar-refractivity contribution in [3.05, 3.63) is 0 Å². The number of unbranched alkanes of at least 4 members (excludes halogenated alkanes) is 1. The Morgan fingerprint density at radius 3 is 2.62 bits per heavy atom. The molecule has 0 rings (SSSR count). The van der Waals surface area contributed by atoms with Gasteiger partial charge in [0.05, 0.1) is 12.7 Å². The molecule has 4 heteroatoms. The third-order valence-electron chi connectivity index (χ3n) is 2.40. The number of hydrogen-bond donors (Lipinski definition) is 0. The van der Waals surface area contributed by atoms with Crippen molar-refractivity contribution in [3.8, 4) is 6.07 Å². The first-order valence-corrected chi connectivity index (χ1v) is 5.78. The van der Waals surface area contributed by atoms with E-state index in [2.05, 4.69) is 11.0 Å². The van der Waals surface area contributed by atoms with Crippen molar-refractivity contribution in [2.75, 3.05) is 33.4 Å². The van der Waals surface area contributed by atoms with Crippen LogP contribution in [-0.4, -0.2) is 44.0 Å². The number of nitriles is 1. The lowest BCUT2D eigenvalue weighted by atomic mass is 10.2. The molecule has 0 fully saturated rings. The minimum absolute atomic E-state index is 0.250. The lowest BCUT2D eigenvalue weighted by molar-refractivity contribution is -0.117. The molecule has 0 aliphatic heterocycles. The Morgan fingerprint density at radius 1 is 1.31 bits per heavy atom. The second-order valence-electron chi connectivity index (χ2n) is 3.90. The Kier molecular flexibility index (Phi) is 9.98. The van der Waals surface area contributed by atoms with Crippen molar-refractivity contribution in [2.45, 2.75) is 32.6 Å². The zero-order valence-corrected chi connectivity index (χ0v) is 10.4. The molecule has 0 spiro atoms. The molecule has 0 amide bonds. The molecule has 0 radical (unpaired) electrons. The van der Waals surface area contributed by atoms with E-state index in [-0.39, 0.29) is 5.78 Å². The van der Waals surface area contributed by atoms with E-state index in [1.807, 2.05) is 0 Å². The third-order valence-corrected chi connectivity index (χ3v) is 2.40. The van der Waals surface area contributed by atoms with Crippen molar-refractivity contribution < 1.29 is 9.53 Å². The molecule has 0 heterocycles. The number of methoxy groups -OCH3 is 1. The molecule has 0 aliphatic rings. The standard InChI is InChI=1S/C12H22N2O2/c1-12(15)6-3-4-8-14(9-5-7-13)10-11-16-2/h3-6,8-11H2,1-2H3. The highest BCUT2D eigenvalue weighted by atomic mass is 16.5. The summed E-state index contributed by atoms with van der Waals surface area (Å²) < 4.78 is 5.02. The minimum Gasteiger partial charge on any atom is -0.383 e. The maximum atomic E-state index is 10.8. The van der Waals surface area contributed by atoms with Crippen LogP contribution in [0.1, 0.15) is 32.6 Å². The molecule has 0 bridgehead atoms. The highest BCUT2D eigenvalue weighted by molar-refractivity contribution is 5.75. The molecule has 4 nitrogen and oxygen atoms in total. The molecular weight excluding hydrogens is 204 g/mol. The molecule has 0 aliphatic carbocycles. The highest BCUT2D eigenvalue weighted by Crippen LogP contribution is 2.00. The van der Waals surface area contributed by atoms with Crippen LogP contribution in [0.4, 0.5) is 0 Å². The fourth-order valence-electron chi connectivity index (χ4n) is 1.47. The first kappa shape index (κ1) is 15.1. The molecule has 0 N–H and O–H groups in total. The summed E-state index contributed by atoms with van der Waals surface area (Å²) in [7, 11) is 1.68. The number of rotatable bonds is 10. The van der Waals surface area contributed by atoms with Crippen LogP contribution < -0.4 is 0 Å². The van der Waals surface area contributed by atoms with Crippen LogP contribution in [0.3, 0.4) is 0 Å². The zero-order chi connectivity index (χ0) is 12.2. The largest absolute Gasteiger partial charge is 0.383 e. The fraction of sp³-hybridized carbons (Fsp3) is 0.833. The summed E-state index contributed by atoms with van der Waals surface area (Å²) >= 11 is 0. The Labute approximate surface area is 98.2 Å². The van der Waals surface area contributed by atoms with Crippen LogP contribution >= 0.6 is 0 Å². The lowest BCUT2D eigenvalue weighted by Crippen LogP contribution is -2.29. The summed E-state index contributed by atoms with van der Waals surface area (Å²) in [5, 5.41) is 8.53. The van der Waals surface area contributed by atoms with Crippen LogP contribution in [0.2, 0.25) is 0 Å². The number of Topliss-reactive ketones (excluding diaryl/α,β-unsaturated/α-hetero) is 1. The number of nitrogens with zero attached hydrogens (tertiary/aromatic N) is 2. The SMILES string of the molecule is COCCN(CCC#N)CCCCC(C)=O. The van der Waals surface area contributed by atoms with Gasteiger partial charge in [-0.1, -0.05) is 0 Å². The minimum atomic E-state index is 0.250. The fourth-order valence-corrected chi connectivity index (χ4v) is 1.47. The van der Waals surface area contributed by atoms with Gasteiger partial charge in [0, 0.05) is 33.0 Å². The van der Waals surface area contributed by atoms with Crippen molar-refractivity contribution in [3.63, 3.8) is 0 Å². The number of carbonyl (C=O) groups excluding carboxylic acids is 1. The first-order chi connectivity index (χ1) is 7.70. The summed E-state index contributed by atoms with van der Waals surface area (Å²) in [6.45, 7) is 4.91. The second kappa shape index (κ2) is 10.6. The first-order valence-electron chi connectivity index (χ1n) is 5.78. The van der Waals surface area contributed by atoms with Gasteiger partial charge in [0.1, 0.15) is 5.78 Å². The van der Waals surface area contributed by atoms with Crippen molar-refractivity contribution >= 4 is 5.78 Å². The Morgan fingerprint density at radius 2 is 2.06 bits per heavy atom. The van der Waals surface area contributed by atoms with Gasteiger partial charge in [0.2, 0.25) is 0 Å². The molecule has 0 unspecified atom stereocenters. The molecule has 0 saturated heterocycles. The Balaban J connectivity index is 3.64. The molecule has 16 heavy (non-hydrogen) atoms. The van der Waals surface area contributed by atoms with Crippen LogP contribution in [0, 0.1) is 11.3 Å². The molecule has 0 aromatic rings. The van der Waals surface area contributed by atoms with Crippen LogP contribution in [0.5, 0.6) is 0 Å². The van der Waals surface area contributed by atoms with E-state index < -0.39 is 0 Å². The number of ether oxygens (including phenoxy) is 1. The summed E-state index contributed by atoms with van der Waals surface area (Å²) in [5.41, 5.74) is 0. The molecule has 0 atom stereocenters. The summed E-state index contributed by atoms with van der Waals surface area (Å²) in [5.74, 6) is 0.250. The highest BCUT2D eigenvalue weighted by Gasteiger charge is 2.04. The predicted molar refractivity (Wildman–Crippen MR) is 63.1 cm³/mol. The maximum absolute atomic E-state index is 10.8. The van der Waals surface area contributed by atoms with Crippen LogP contribution in [0.15, 0.2) is 0 Å². The summed E-state index contributed by atoms with van der Waals surface area (Å²) in [4.78, 5) is 13.0. The van der Waals surface area contributed by atoms with E-state index in [4.69, 9.17) is 10.00 Å². The van der Waals surface area contributed by atoms with Gasteiger partial charge in [0.25, 0.3) is 0 Å². The molecule has 92 valence electrons. The van der Waals surface area contributed by atoms with E-state index >= 15 is 0 Å². The van der Waals surface area contributed by atoms with Gasteiger partial charge in [-0.05, 0) is 26.3 Å². The topological polar surface area (TPSA) is 53.3 Å². The third kappa shape index (κ3) is 9.63. The normalized spacial score (nSPS) is 10.4. The van der Waals surface area contributed by atoms with Gasteiger partial charge >= 0.3 is 0 Å². The molecule has 0 aromatic carbocycles.